The van der Waals surface area contributed by atoms with E-state index in [0.29, 0.717) is 6.42 Å². The molecule has 0 N–H and O–H groups in total. The van der Waals surface area contributed by atoms with E-state index in [1.807, 2.05) is 19.6 Å². The van der Waals surface area contributed by atoms with Gasteiger partial charge in [-0.3, -0.25) is 4.39 Å². The molecule has 2 unspecified atom stereocenters. The molecule has 0 heterocycles. The minimum absolute atomic E-state index is 0.0810. The van der Waals surface area contributed by atoms with Crippen LogP contribution in [0, 0.1) is 0 Å². The van der Waals surface area contributed by atoms with Gasteiger partial charge in [0, 0.05) is 53.7 Å². The van der Waals surface area contributed by atoms with Crippen LogP contribution in [-0.2, 0) is 26.6 Å². The first kappa shape index (κ1) is 25.3. The Bertz CT molecular complexity index is 365. The van der Waals surface area contributed by atoms with E-state index in [4.69, 9.17) is 26.6 Å². The monoisotopic (exact) mass is 416 g/mol. The Balaban J connectivity index is 5.45. The summed E-state index contributed by atoms with van der Waals surface area (Å²) in [6.45, 7) is 5.46. The third-order valence-electron chi connectivity index (χ3n) is 5.67. The van der Waals surface area contributed by atoms with Crippen LogP contribution in [0.25, 0.3) is 0 Å². The van der Waals surface area contributed by atoms with Crippen LogP contribution in [-0.4, -0.2) is 75.0 Å². The van der Waals surface area contributed by atoms with Crippen molar-refractivity contribution in [2.75, 3.05) is 49.3 Å². The first-order valence-corrected chi connectivity index (χ1v) is 15.8. The molecule has 0 aromatic rings. The highest BCUT2D eigenvalue weighted by atomic mass is 28.4. The van der Waals surface area contributed by atoms with Crippen molar-refractivity contribution in [1.82, 2.24) is 0 Å². The van der Waals surface area contributed by atoms with Gasteiger partial charge in [-0.1, -0.05) is 0 Å². The third kappa shape index (κ3) is 6.78. The minimum atomic E-state index is -2.60. The maximum absolute atomic E-state index is 13.9. The molecule has 10 heteroatoms. The molecular weight excluding hydrogens is 379 g/mol. The van der Waals surface area contributed by atoms with Crippen LogP contribution in [0.3, 0.4) is 0 Å². The predicted molar refractivity (Wildman–Crippen MR) is 104 cm³/mol. The van der Waals surface area contributed by atoms with E-state index in [2.05, 4.69) is 0 Å². The van der Waals surface area contributed by atoms with E-state index < -0.39 is 32.4 Å². The topological polar surface area (TPSA) is 55.4 Å². The van der Waals surface area contributed by atoms with Gasteiger partial charge < -0.3 is 26.6 Å². The van der Waals surface area contributed by atoms with Crippen molar-refractivity contribution in [3.05, 3.63) is 0 Å². The molecule has 0 aromatic carbocycles. The summed E-state index contributed by atoms with van der Waals surface area (Å²) in [6.07, 6.45) is 1.40. The fourth-order valence-corrected chi connectivity index (χ4v) is 8.93. The largest absolute Gasteiger partial charge is 0.398 e. The van der Waals surface area contributed by atoms with Crippen molar-refractivity contribution in [3.8, 4) is 0 Å². The summed E-state index contributed by atoms with van der Waals surface area (Å²) >= 11 is 0. The maximum atomic E-state index is 13.9. The van der Waals surface area contributed by atoms with Gasteiger partial charge in [-0.05, 0) is 38.5 Å². The molecule has 152 valence electrons. The maximum Gasteiger partial charge on any atom is 0.340 e. The third-order valence-corrected chi connectivity index (χ3v) is 15.7. The van der Waals surface area contributed by atoms with E-state index in [1.54, 1.807) is 42.7 Å². The van der Waals surface area contributed by atoms with E-state index >= 15 is 0 Å². The second kappa shape index (κ2) is 11.2. The fraction of sp³-hybridized carbons (Fsp3) is 1.00. The van der Waals surface area contributed by atoms with Crippen LogP contribution in [0.1, 0.15) is 12.8 Å². The van der Waals surface area contributed by atoms with Crippen molar-refractivity contribution in [1.29, 1.82) is 0 Å². The minimum Gasteiger partial charge on any atom is -0.398 e. The highest BCUT2D eigenvalue weighted by molar-refractivity contribution is 6.70. The van der Waals surface area contributed by atoms with Crippen molar-refractivity contribution >= 4 is 25.7 Å². The number of alkyl halides is 1. The summed E-state index contributed by atoms with van der Waals surface area (Å²) in [5.41, 5.74) is -0.208. The number of halogens is 1. The van der Waals surface area contributed by atoms with Gasteiger partial charge in [0.1, 0.15) is 0 Å². The molecule has 0 aliphatic carbocycles. The normalized spacial score (nSPS) is 16.1. The van der Waals surface area contributed by atoms with E-state index in [-0.39, 0.29) is 11.1 Å². The van der Waals surface area contributed by atoms with Gasteiger partial charge in [-0.2, -0.15) is 0 Å². The van der Waals surface area contributed by atoms with Crippen LogP contribution < -0.4 is 0 Å². The van der Waals surface area contributed by atoms with Crippen molar-refractivity contribution in [2.45, 2.75) is 49.6 Å². The molecule has 0 bridgehead atoms. The second-order valence-corrected chi connectivity index (χ2v) is 17.6. The SMILES string of the molecule is CO[Si](C)(CCC(CC(CF)[Si](C)(OC)OC)[Si](C)(OC)OC)OC. The van der Waals surface area contributed by atoms with Crippen molar-refractivity contribution in [2.24, 2.45) is 0 Å². The molecule has 25 heavy (non-hydrogen) atoms. The summed E-state index contributed by atoms with van der Waals surface area (Å²) in [4.78, 5) is 0. The highest BCUT2D eigenvalue weighted by Crippen LogP contribution is 2.41. The fourth-order valence-electron chi connectivity index (χ4n) is 2.91. The van der Waals surface area contributed by atoms with Crippen LogP contribution >= 0.6 is 0 Å². The van der Waals surface area contributed by atoms with Crippen LogP contribution in [0.2, 0.25) is 36.8 Å². The molecule has 2 atom stereocenters. The molecular formula is C15H37FO6Si3. The van der Waals surface area contributed by atoms with Gasteiger partial charge in [0.15, 0.2) is 0 Å². The molecule has 0 radical (unpaired) electrons. The molecule has 0 aliphatic heterocycles. The Kier molecular flexibility index (Phi) is 11.4. The first-order chi connectivity index (χ1) is 11.6. The zero-order valence-electron chi connectivity index (χ0n) is 17.3. The molecule has 0 saturated carbocycles. The summed E-state index contributed by atoms with van der Waals surface area (Å²) < 4.78 is 47.7. The van der Waals surface area contributed by atoms with E-state index in [9.17, 15) is 4.39 Å². The lowest BCUT2D eigenvalue weighted by Gasteiger charge is -2.38. The van der Waals surface area contributed by atoms with Gasteiger partial charge in [0.2, 0.25) is 0 Å². The molecule has 0 fully saturated rings. The Hall–Kier alpha value is 0.341. The van der Waals surface area contributed by atoms with Crippen molar-refractivity contribution < 1.29 is 30.9 Å². The second-order valence-electron chi connectivity index (χ2n) is 6.71. The number of hydrogen-bond acceptors (Lipinski definition) is 6. The Morgan fingerprint density at radius 2 is 1.08 bits per heavy atom. The first-order valence-electron chi connectivity index (χ1n) is 8.51. The lowest BCUT2D eigenvalue weighted by Crippen LogP contribution is -2.48. The lowest BCUT2D eigenvalue weighted by atomic mass is 10.2. The molecule has 0 aromatic heterocycles. The van der Waals surface area contributed by atoms with Gasteiger partial charge in [0.25, 0.3) is 0 Å². The summed E-state index contributed by atoms with van der Waals surface area (Å²) in [6, 6.07) is 0.789. The standard InChI is InChI=1S/C15H37FO6Si3/c1-17-23(7,18-2)11-10-14(24(8,19-3)20-4)12-15(13-16)25(9,21-5)22-6/h14-15H,10-13H2,1-9H3. The molecule has 0 rings (SSSR count). The summed E-state index contributed by atoms with van der Waals surface area (Å²) in [7, 11) is 2.58. The average molecular weight is 417 g/mol. The van der Waals surface area contributed by atoms with E-state index in [1.165, 1.54) is 0 Å². The lowest BCUT2D eigenvalue weighted by molar-refractivity contribution is 0.207. The zero-order valence-corrected chi connectivity index (χ0v) is 20.3. The number of rotatable bonds is 14. The van der Waals surface area contributed by atoms with Crippen LogP contribution in [0.15, 0.2) is 0 Å². The van der Waals surface area contributed by atoms with Gasteiger partial charge in [0.05, 0.1) is 6.67 Å². The summed E-state index contributed by atoms with van der Waals surface area (Å²) in [5.74, 6) is 0. The Labute approximate surface area is 156 Å². The van der Waals surface area contributed by atoms with E-state index in [0.717, 1.165) is 12.5 Å². The predicted octanol–water partition coefficient (Wildman–Crippen LogP) is 3.57. The Morgan fingerprint density at radius 1 is 0.680 bits per heavy atom. The molecule has 0 saturated heterocycles. The van der Waals surface area contributed by atoms with Crippen LogP contribution in [0.5, 0.6) is 0 Å². The number of hydrogen-bond donors (Lipinski definition) is 0. The van der Waals surface area contributed by atoms with Gasteiger partial charge in [-0.25, -0.2) is 0 Å². The zero-order chi connectivity index (χ0) is 19.7. The average Bonchev–Trinajstić information content (AvgIpc) is 2.66. The van der Waals surface area contributed by atoms with Gasteiger partial charge >= 0.3 is 25.7 Å². The smallest absolute Gasteiger partial charge is 0.340 e. The molecule has 0 aliphatic rings. The molecule has 6 nitrogen and oxygen atoms in total. The van der Waals surface area contributed by atoms with Crippen molar-refractivity contribution in [3.63, 3.8) is 0 Å². The molecule has 0 spiro atoms. The summed E-state index contributed by atoms with van der Waals surface area (Å²) in [5, 5.41) is 0. The highest BCUT2D eigenvalue weighted by Gasteiger charge is 2.47. The van der Waals surface area contributed by atoms with Crippen LogP contribution in [0.4, 0.5) is 4.39 Å². The van der Waals surface area contributed by atoms with Gasteiger partial charge in [-0.15, -0.1) is 0 Å². The Morgan fingerprint density at radius 3 is 1.40 bits per heavy atom. The molecule has 0 amide bonds. The quantitative estimate of drug-likeness (QED) is 0.404.